The molecule has 7 heteroatoms. The number of benzene rings is 2. The number of hydrogen-bond donors (Lipinski definition) is 2. The van der Waals surface area contributed by atoms with E-state index in [0.717, 1.165) is 17.2 Å². The van der Waals surface area contributed by atoms with Crippen molar-refractivity contribution in [3.63, 3.8) is 0 Å². The third kappa shape index (κ3) is 2.84. The Morgan fingerprint density at radius 1 is 1.18 bits per heavy atom. The second kappa shape index (κ2) is 6.90. The lowest BCUT2D eigenvalue weighted by atomic mass is 10.0. The Hall–Kier alpha value is -3.51. The largest absolute Gasteiger partial charge is 0.404 e. The number of hydrogen-bond acceptors (Lipinski definition) is 4. The van der Waals surface area contributed by atoms with Gasteiger partial charge in [0.15, 0.2) is 0 Å². The van der Waals surface area contributed by atoms with Gasteiger partial charge >= 0.3 is 0 Å². The van der Waals surface area contributed by atoms with E-state index in [4.69, 9.17) is 22.7 Å². The lowest BCUT2D eigenvalue weighted by Crippen LogP contribution is -2.17. The van der Waals surface area contributed by atoms with Crippen LogP contribution in [0.3, 0.4) is 0 Å². The van der Waals surface area contributed by atoms with Gasteiger partial charge in [0.25, 0.3) is 5.56 Å². The van der Waals surface area contributed by atoms with Crippen molar-refractivity contribution in [2.24, 2.45) is 5.73 Å². The van der Waals surface area contributed by atoms with Gasteiger partial charge in [-0.2, -0.15) is 0 Å². The first kappa shape index (κ1) is 17.9. The standard InChI is InChI=1S/C21H14ClFN4O/c22-17-8-15(3-4-18(17)23)27-20(28)6-2-13-11-26-19-5-1-12(14(9-24)10-25)7-16(19)21(13)27/h1-11,24H,25H2/b14-10+,24-9?. The highest BCUT2D eigenvalue weighted by atomic mass is 35.5. The lowest BCUT2D eigenvalue weighted by molar-refractivity contribution is 0.628. The molecule has 0 aliphatic heterocycles. The third-order valence-corrected chi connectivity index (χ3v) is 4.84. The molecule has 138 valence electrons. The van der Waals surface area contributed by atoms with Crippen molar-refractivity contribution in [2.75, 3.05) is 0 Å². The molecule has 4 rings (SSSR count). The van der Waals surface area contributed by atoms with Crippen LogP contribution in [0.15, 0.2) is 65.7 Å². The van der Waals surface area contributed by atoms with Crippen LogP contribution >= 0.6 is 11.6 Å². The molecule has 4 aromatic rings. The third-order valence-electron chi connectivity index (χ3n) is 4.55. The molecule has 0 atom stereocenters. The molecule has 0 aliphatic carbocycles. The second-order valence-electron chi connectivity index (χ2n) is 6.17. The van der Waals surface area contributed by atoms with Crippen LogP contribution in [0.5, 0.6) is 0 Å². The highest BCUT2D eigenvalue weighted by Crippen LogP contribution is 2.28. The summed E-state index contributed by atoms with van der Waals surface area (Å²) in [7, 11) is 0. The van der Waals surface area contributed by atoms with Gasteiger partial charge < -0.3 is 11.1 Å². The van der Waals surface area contributed by atoms with Crippen molar-refractivity contribution < 1.29 is 4.39 Å². The summed E-state index contributed by atoms with van der Waals surface area (Å²) in [5.74, 6) is -0.559. The van der Waals surface area contributed by atoms with E-state index in [1.54, 1.807) is 18.3 Å². The summed E-state index contributed by atoms with van der Waals surface area (Å²) >= 11 is 5.94. The van der Waals surface area contributed by atoms with E-state index >= 15 is 0 Å². The fourth-order valence-electron chi connectivity index (χ4n) is 3.20. The Bertz CT molecular complexity index is 1340. The van der Waals surface area contributed by atoms with Crippen molar-refractivity contribution in [3.05, 3.63) is 87.7 Å². The van der Waals surface area contributed by atoms with Gasteiger partial charge in [-0.05, 0) is 42.0 Å². The molecule has 2 aromatic carbocycles. The Balaban J connectivity index is 2.16. The molecule has 5 nitrogen and oxygen atoms in total. The maximum atomic E-state index is 13.6. The molecule has 0 aliphatic rings. The maximum absolute atomic E-state index is 13.6. The van der Waals surface area contributed by atoms with Crippen LogP contribution in [0.2, 0.25) is 5.02 Å². The number of allylic oxidation sites excluding steroid dienone is 1. The molecular weight excluding hydrogens is 379 g/mol. The number of nitrogens with two attached hydrogens (primary N) is 1. The SMILES string of the molecule is N=C/C(=C\N)c1ccc2ncc3ccc(=O)n(-c4ccc(F)c(Cl)c4)c3c2c1. The second-order valence-corrected chi connectivity index (χ2v) is 6.57. The number of pyridine rings is 2. The summed E-state index contributed by atoms with van der Waals surface area (Å²) in [4.78, 5) is 17.2. The Kier molecular flexibility index (Phi) is 4.41. The molecule has 0 spiro atoms. The summed E-state index contributed by atoms with van der Waals surface area (Å²) < 4.78 is 15.1. The van der Waals surface area contributed by atoms with E-state index in [2.05, 4.69) is 4.98 Å². The van der Waals surface area contributed by atoms with Crippen LogP contribution in [-0.2, 0) is 0 Å². The minimum absolute atomic E-state index is 0.0717. The zero-order chi connectivity index (χ0) is 19.8. The average Bonchev–Trinajstić information content (AvgIpc) is 2.71. The molecule has 0 amide bonds. The van der Waals surface area contributed by atoms with Gasteiger partial charge in [0.05, 0.1) is 21.7 Å². The Labute approximate surface area is 164 Å². The Morgan fingerprint density at radius 2 is 2.00 bits per heavy atom. The number of rotatable bonds is 3. The minimum atomic E-state index is -0.559. The van der Waals surface area contributed by atoms with Crippen LogP contribution in [0, 0.1) is 11.2 Å². The van der Waals surface area contributed by atoms with Gasteiger partial charge in [-0.3, -0.25) is 14.3 Å². The van der Waals surface area contributed by atoms with Crippen LogP contribution in [-0.4, -0.2) is 15.8 Å². The van der Waals surface area contributed by atoms with Crippen molar-refractivity contribution in [1.82, 2.24) is 9.55 Å². The van der Waals surface area contributed by atoms with Crippen molar-refractivity contribution in [1.29, 1.82) is 5.41 Å². The first-order chi connectivity index (χ1) is 13.5. The molecular formula is C21H14ClFN4O. The van der Waals surface area contributed by atoms with Gasteiger partial charge in [-0.1, -0.05) is 17.7 Å². The molecule has 2 heterocycles. The van der Waals surface area contributed by atoms with Crippen LogP contribution in [0.4, 0.5) is 4.39 Å². The molecule has 0 unspecified atom stereocenters. The molecule has 0 saturated heterocycles. The lowest BCUT2D eigenvalue weighted by Gasteiger charge is -2.14. The molecule has 2 aromatic heterocycles. The molecule has 0 saturated carbocycles. The molecule has 28 heavy (non-hydrogen) atoms. The van der Waals surface area contributed by atoms with Gasteiger partial charge in [0.1, 0.15) is 5.82 Å². The monoisotopic (exact) mass is 392 g/mol. The normalized spacial score (nSPS) is 11.9. The highest BCUT2D eigenvalue weighted by molar-refractivity contribution is 6.30. The predicted octanol–water partition coefficient (Wildman–Crippen LogP) is 4.28. The number of aromatic nitrogens is 2. The topological polar surface area (TPSA) is 84.8 Å². The molecule has 0 fully saturated rings. The van der Waals surface area contributed by atoms with Crippen molar-refractivity contribution in [3.8, 4) is 5.69 Å². The van der Waals surface area contributed by atoms with Crippen molar-refractivity contribution >= 4 is 45.2 Å². The molecule has 0 radical (unpaired) electrons. The van der Waals surface area contributed by atoms with E-state index in [-0.39, 0.29) is 10.6 Å². The van der Waals surface area contributed by atoms with Crippen LogP contribution in [0.25, 0.3) is 33.1 Å². The fourth-order valence-corrected chi connectivity index (χ4v) is 3.37. The smallest absolute Gasteiger partial charge is 0.255 e. The molecule has 0 bridgehead atoms. The van der Waals surface area contributed by atoms with Crippen LogP contribution in [0.1, 0.15) is 5.56 Å². The maximum Gasteiger partial charge on any atom is 0.255 e. The summed E-state index contributed by atoms with van der Waals surface area (Å²) in [6, 6.07) is 12.7. The number of nitrogens with zero attached hydrogens (tertiary/aromatic N) is 2. The van der Waals surface area contributed by atoms with Crippen LogP contribution < -0.4 is 11.3 Å². The van der Waals surface area contributed by atoms with E-state index in [1.165, 1.54) is 35.0 Å². The first-order valence-electron chi connectivity index (χ1n) is 8.36. The van der Waals surface area contributed by atoms with E-state index in [9.17, 15) is 9.18 Å². The van der Waals surface area contributed by atoms with Crippen molar-refractivity contribution in [2.45, 2.75) is 0 Å². The molecule has 3 N–H and O–H groups in total. The Morgan fingerprint density at radius 3 is 2.71 bits per heavy atom. The average molecular weight is 393 g/mol. The van der Waals surface area contributed by atoms with Gasteiger partial charge in [-0.25, -0.2) is 4.39 Å². The number of nitrogens with one attached hydrogen (secondary N) is 1. The van der Waals surface area contributed by atoms with Gasteiger partial charge in [0, 0.05) is 41.0 Å². The summed E-state index contributed by atoms with van der Waals surface area (Å²) in [6.07, 6.45) is 4.18. The quantitative estimate of drug-likeness (QED) is 0.403. The zero-order valence-corrected chi connectivity index (χ0v) is 15.2. The highest BCUT2D eigenvalue weighted by Gasteiger charge is 2.13. The van der Waals surface area contributed by atoms with E-state index < -0.39 is 5.82 Å². The predicted molar refractivity (Wildman–Crippen MR) is 111 cm³/mol. The number of halogens is 2. The minimum Gasteiger partial charge on any atom is -0.404 e. The van der Waals surface area contributed by atoms with Gasteiger partial charge in [0.2, 0.25) is 0 Å². The summed E-state index contributed by atoms with van der Waals surface area (Å²) in [6.45, 7) is 0. The fraction of sp³-hybridized carbons (Fsp3) is 0. The summed E-state index contributed by atoms with van der Waals surface area (Å²) in [5, 5.41) is 8.89. The van der Waals surface area contributed by atoms with Gasteiger partial charge in [-0.15, -0.1) is 0 Å². The zero-order valence-electron chi connectivity index (χ0n) is 14.5. The van der Waals surface area contributed by atoms with E-state index in [0.29, 0.717) is 27.7 Å². The summed E-state index contributed by atoms with van der Waals surface area (Å²) in [5.41, 5.74) is 8.32. The first-order valence-corrected chi connectivity index (χ1v) is 8.74. The van der Waals surface area contributed by atoms with E-state index in [1.807, 2.05) is 12.1 Å². The number of fused-ring (bicyclic) bond motifs is 3.